The first-order chi connectivity index (χ1) is 17.2. The highest BCUT2D eigenvalue weighted by Gasteiger charge is 2.36. The molecule has 0 unspecified atom stereocenters. The van der Waals surface area contributed by atoms with Gasteiger partial charge in [0.25, 0.3) is 5.91 Å². The van der Waals surface area contributed by atoms with Crippen LogP contribution >= 0.6 is 11.6 Å². The lowest BCUT2D eigenvalue weighted by Crippen LogP contribution is -2.45. The molecule has 1 aliphatic carbocycles. The molecule has 0 spiro atoms. The van der Waals surface area contributed by atoms with Crippen molar-refractivity contribution in [1.82, 2.24) is 10.0 Å². The summed E-state index contributed by atoms with van der Waals surface area (Å²) in [6.07, 6.45) is 3.45. The number of nitrogens with zero attached hydrogens (tertiary/aromatic N) is 2. The van der Waals surface area contributed by atoms with Crippen LogP contribution in [0.1, 0.15) is 41.6 Å². The summed E-state index contributed by atoms with van der Waals surface area (Å²) in [6, 6.07) is 11.6. The number of hydrogen-bond donors (Lipinski definition) is 2. The Labute approximate surface area is 215 Å². The molecule has 3 amide bonds. The molecule has 2 aromatic carbocycles. The third kappa shape index (κ3) is 6.62. The lowest BCUT2D eigenvalue weighted by molar-refractivity contribution is -0.474. The monoisotopic (exact) mass is 531 g/mol. The Bertz CT molecular complexity index is 1290. The van der Waals surface area contributed by atoms with E-state index >= 15 is 0 Å². The number of hydrogen-bond acceptors (Lipinski definition) is 6. The molecule has 190 valence electrons. The lowest BCUT2D eigenvalue weighted by Gasteiger charge is -2.25. The average molecular weight is 532 g/mol. The highest BCUT2D eigenvalue weighted by Crippen LogP contribution is 2.26. The van der Waals surface area contributed by atoms with Gasteiger partial charge in [-0.05, 0) is 61.6 Å². The summed E-state index contributed by atoms with van der Waals surface area (Å²) >= 11 is 5.97. The minimum atomic E-state index is -4.13. The standard InChI is InChI=1S/C25H27ClN4O5S/c1-30(22-6-4-3-5-18(22)16-27)25(32)29-36(33,34)20-10-7-17(8-11-20)13-14-28-24(31)21-15-19(26)9-12-23(21)35-2/h7-12,15,18,22H,1,3-6,13-14H2,2H3,(H-,28,29,31,32)/p+1/t18-,22+/m0/s1. The van der Waals surface area contributed by atoms with Crippen LogP contribution in [0.5, 0.6) is 5.75 Å². The molecular weight excluding hydrogens is 504 g/mol. The number of methoxy groups -OCH3 is 1. The number of nitrogens with one attached hydrogen (secondary N) is 2. The van der Waals surface area contributed by atoms with Gasteiger partial charge >= 0.3 is 16.1 Å². The van der Waals surface area contributed by atoms with Crippen molar-refractivity contribution in [2.24, 2.45) is 5.92 Å². The van der Waals surface area contributed by atoms with Crippen LogP contribution < -0.4 is 14.8 Å². The first-order valence-electron chi connectivity index (χ1n) is 11.4. The number of carbonyl (C=O) groups excluding carboxylic acids is 2. The van der Waals surface area contributed by atoms with Crippen molar-refractivity contribution in [2.45, 2.75) is 43.0 Å². The van der Waals surface area contributed by atoms with E-state index in [0.29, 0.717) is 42.1 Å². The van der Waals surface area contributed by atoms with Gasteiger partial charge in [0.05, 0.1) is 31.4 Å². The van der Waals surface area contributed by atoms with Crippen LogP contribution in [-0.2, 0) is 16.4 Å². The van der Waals surface area contributed by atoms with Gasteiger partial charge in [0.1, 0.15) is 16.7 Å². The molecule has 0 bridgehead atoms. The van der Waals surface area contributed by atoms with Gasteiger partial charge in [0, 0.05) is 11.6 Å². The maximum atomic E-state index is 12.7. The molecule has 2 atom stereocenters. The maximum absolute atomic E-state index is 12.7. The number of ether oxygens (including phenoxy) is 1. The second kappa shape index (κ2) is 12.0. The molecule has 2 N–H and O–H groups in total. The predicted octanol–water partition coefficient (Wildman–Crippen LogP) is 3.51. The van der Waals surface area contributed by atoms with Gasteiger partial charge in [0.15, 0.2) is 0 Å². The number of benzene rings is 2. The van der Waals surface area contributed by atoms with Crippen molar-refractivity contribution < 1.29 is 27.3 Å². The fraction of sp³-hybridized carbons (Fsp3) is 0.360. The molecule has 2 aromatic rings. The zero-order valence-electron chi connectivity index (χ0n) is 19.9. The molecule has 36 heavy (non-hydrogen) atoms. The second-order valence-electron chi connectivity index (χ2n) is 8.46. The highest BCUT2D eigenvalue weighted by molar-refractivity contribution is 7.90. The summed E-state index contributed by atoms with van der Waals surface area (Å²) in [6.45, 7) is 3.99. The number of nitriles is 1. The van der Waals surface area contributed by atoms with E-state index in [9.17, 15) is 23.3 Å². The molecule has 0 saturated heterocycles. The van der Waals surface area contributed by atoms with Crippen LogP contribution in [-0.4, -0.2) is 51.3 Å². The van der Waals surface area contributed by atoms with Crippen molar-refractivity contribution in [2.75, 3.05) is 13.7 Å². The summed E-state index contributed by atoms with van der Waals surface area (Å²) in [5.74, 6) is -0.309. The van der Waals surface area contributed by atoms with E-state index in [1.165, 1.54) is 25.3 Å². The van der Waals surface area contributed by atoms with Gasteiger partial charge in [-0.25, -0.2) is 4.58 Å². The zero-order chi connectivity index (χ0) is 26.3. The summed E-state index contributed by atoms with van der Waals surface area (Å²) in [5.41, 5.74) is 1.10. The largest absolute Gasteiger partial charge is 0.506 e. The van der Waals surface area contributed by atoms with Gasteiger partial charge in [-0.15, -0.1) is 4.72 Å². The molecule has 1 saturated carbocycles. The Hall–Kier alpha value is -3.42. The topological polar surface area (TPSA) is 128 Å². The average Bonchev–Trinajstić information content (AvgIpc) is 2.88. The van der Waals surface area contributed by atoms with E-state index in [1.54, 1.807) is 24.3 Å². The molecule has 1 aliphatic rings. The molecule has 11 heteroatoms. The number of halogens is 1. The molecule has 0 heterocycles. The number of amides is 3. The van der Waals surface area contributed by atoms with Crippen LogP contribution in [0.25, 0.3) is 0 Å². The summed E-state index contributed by atoms with van der Waals surface area (Å²) in [5, 5.41) is 12.5. The first-order valence-corrected chi connectivity index (χ1v) is 13.3. The van der Waals surface area contributed by atoms with Gasteiger partial charge < -0.3 is 10.1 Å². The summed E-state index contributed by atoms with van der Waals surface area (Å²) < 4.78 is 33.7. The van der Waals surface area contributed by atoms with Crippen LogP contribution in [0.4, 0.5) is 4.79 Å². The quantitative estimate of drug-likeness (QED) is 0.396. The van der Waals surface area contributed by atoms with Gasteiger partial charge in [-0.1, -0.05) is 30.2 Å². The van der Waals surface area contributed by atoms with Crippen LogP contribution in [0.2, 0.25) is 5.02 Å². The Morgan fingerprint density at radius 2 is 1.89 bits per heavy atom. The van der Waals surface area contributed by atoms with E-state index in [1.807, 2.05) is 4.72 Å². The zero-order valence-corrected chi connectivity index (χ0v) is 21.4. The Morgan fingerprint density at radius 3 is 2.56 bits per heavy atom. The first kappa shape index (κ1) is 27.2. The van der Waals surface area contributed by atoms with E-state index in [2.05, 4.69) is 18.1 Å². The van der Waals surface area contributed by atoms with Crippen LogP contribution in [0.3, 0.4) is 0 Å². The van der Waals surface area contributed by atoms with Crippen molar-refractivity contribution in [3.63, 3.8) is 0 Å². The smallest absolute Gasteiger partial charge is 0.496 e. The Kier molecular flexibility index (Phi) is 9.07. The third-order valence-corrected chi connectivity index (χ3v) is 7.69. The second-order valence-corrected chi connectivity index (χ2v) is 10.6. The molecule has 0 aromatic heterocycles. The summed E-state index contributed by atoms with van der Waals surface area (Å²) in [4.78, 5) is 24.9. The highest BCUT2D eigenvalue weighted by atomic mass is 35.5. The molecular formula is C25H28ClN4O5S+. The van der Waals surface area contributed by atoms with Crippen LogP contribution in [0, 0.1) is 17.2 Å². The maximum Gasteiger partial charge on any atom is 0.506 e. The minimum absolute atomic E-state index is 0.0822. The van der Waals surface area contributed by atoms with Gasteiger partial charge in [-0.2, -0.15) is 18.5 Å². The lowest BCUT2D eigenvalue weighted by atomic mass is 9.85. The van der Waals surface area contributed by atoms with E-state index in [-0.39, 0.29) is 16.7 Å². The third-order valence-electron chi connectivity index (χ3n) is 6.12. The minimum Gasteiger partial charge on any atom is -0.496 e. The summed E-state index contributed by atoms with van der Waals surface area (Å²) in [7, 11) is -2.66. The Morgan fingerprint density at radius 1 is 1.19 bits per heavy atom. The number of rotatable bonds is 8. The molecule has 9 nitrogen and oxygen atoms in total. The fourth-order valence-electron chi connectivity index (χ4n) is 4.13. The molecule has 1 fully saturated rings. The number of urea groups is 1. The predicted molar refractivity (Wildman–Crippen MR) is 135 cm³/mol. The fourth-order valence-corrected chi connectivity index (χ4v) is 5.26. The van der Waals surface area contributed by atoms with Crippen LogP contribution in [0.15, 0.2) is 47.4 Å². The SMILES string of the molecule is C=[N+](C(=O)NS(=O)(=O)c1ccc(CCNC(=O)c2cc(Cl)ccc2OC)cc1)[C@@H]1CCCC[C@H]1C#N. The van der Waals surface area contributed by atoms with E-state index < -0.39 is 22.1 Å². The Balaban J connectivity index is 1.57. The van der Waals surface area contributed by atoms with E-state index in [4.69, 9.17) is 16.3 Å². The molecule has 0 aliphatic heterocycles. The molecule has 3 rings (SSSR count). The number of carbonyl (C=O) groups is 2. The van der Waals surface area contributed by atoms with Crippen molar-refractivity contribution in [1.29, 1.82) is 5.26 Å². The number of sulfonamides is 1. The van der Waals surface area contributed by atoms with Crippen molar-refractivity contribution in [3.05, 3.63) is 58.6 Å². The van der Waals surface area contributed by atoms with Crippen molar-refractivity contribution in [3.8, 4) is 11.8 Å². The van der Waals surface area contributed by atoms with Crippen molar-refractivity contribution >= 4 is 40.3 Å². The van der Waals surface area contributed by atoms with Gasteiger partial charge in [0.2, 0.25) is 0 Å². The van der Waals surface area contributed by atoms with E-state index in [0.717, 1.165) is 23.0 Å². The molecule has 0 radical (unpaired) electrons. The van der Waals surface area contributed by atoms with Gasteiger partial charge in [-0.3, -0.25) is 4.79 Å². The normalized spacial score (nSPS) is 17.5.